The van der Waals surface area contributed by atoms with E-state index in [1.807, 2.05) is 0 Å². The van der Waals surface area contributed by atoms with E-state index in [1.165, 1.54) is 38.6 Å². The summed E-state index contributed by atoms with van der Waals surface area (Å²) in [6.45, 7) is 5.93. The fourth-order valence-corrected chi connectivity index (χ4v) is 3.49. The molecule has 0 radical (unpaired) electrons. The number of hydrogen-bond donors (Lipinski definition) is 0. The molecule has 4 atom stereocenters. The SMILES string of the molecule is CC1CCCN(C2CCCCC2C#N)C1C. The van der Waals surface area contributed by atoms with Crippen molar-refractivity contribution in [2.75, 3.05) is 6.54 Å². The maximum Gasteiger partial charge on any atom is 0.0672 e. The first-order chi connectivity index (χ1) is 7.74. The lowest BCUT2D eigenvalue weighted by molar-refractivity contribution is 0.0344. The van der Waals surface area contributed by atoms with Crippen molar-refractivity contribution in [1.29, 1.82) is 5.26 Å². The van der Waals surface area contributed by atoms with Crippen molar-refractivity contribution in [3.63, 3.8) is 0 Å². The molecule has 0 aromatic rings. The zero-order chi connectivity index (χ0) is 11.5. The quantitative estimate of drug-likeness (QED) is 0.678. The highest BCUT2D eigenvalue weighted by molar-refractivity contribution is 4.98. The molecule has 1 aliphatic heterocycles. The van der Waals surface area contributed by atoms with E-state index in [9.17, 15) is 5.26 Å². The molecule has 2 fully saturated rings. The third kappa shape index (κ3) is 2.25. The largest absolute Gasteiger partial charge is 0.296 e. The molecule has 1 saturated heterocycles. The molecular weight excluding hydrogens is 196 g/mol. The van der Waals surface area contributed by atoms with Crippen molar-refractivity contribution in [3.8, 4) is 6.07 Å². The first kappa shape index (κ1) is 11.9. The second kappa shape index (κ2) is 5.19. The van der Waals surface area contributed by atoms with E-state index >= 15 is 0 Å². The van der Waals surface area contributed by atoms with Crippen LogP contribution in [0.1, 0.15) is 52.4 Å². The van der Waals surface area contributed by atoms with Crippen LogP contribution >= 0.6 is 0 Å². The van der Waals surface area contributed by atoms with Gasteiger partial charge in [-0.15, -0.1) is 0 Å². The van der Waals surface area contributed by atoms with Gasteiger partial charge in [0.25, 0.3) is 0 Å². The normalized spacial score (nSPS) is 41.6. The topological polar surface area (TPSA) is 27.0 Å². The van der Waals surface area contributed by atoms with Gasteiger partial charge in [-0.2, -0.15) is 5.26 Å². The van der Waals surface area contributed by atoms with Gasteiger partial charge in [0, 0.05) is 12.1 Å². The highest BCUT2D eigenvalue weighted by Crippen LogP contribution is 2.33. The Hall–Kier alpha value is -0.550. The lowest BCUT2D eigenvalue weighted by Crippen LogP contribution is -2.51. The van der Waals surface area contributed by atoms with Crippen LogP contribution in [0, 0.1) is 23.2 Å². The highest BCUT2D eigenvalue weighted by Gasteiger charge is 2.35. The summed E-state index contributed by atoms with van der Waals surface area (Å²) in [6.07, 6.45) is 7.63. The molecule has 2 heteroatoms. The number of rotatable bonds is 1. The molecule has 1 aliphatic carbocycles. The Morgan fingerprint density at radius 1 is 1.06 bits per heavy atom. The first-order valence-corrected chi connectivity index (χ1v) is 6.89. The smallest absolute Gasteiger partial charge is 0.0672 e. The summed E-state index contributed by atoms with van der Waals surface area (Å²) in [5.41, 5.74) is 0. The van der Waals surface area contributed by atoms with E-state index in [4.69, 9.17) is 0 Å². The van der Waals surface area contributed by atoms with Crippen LogP contribution in [-0.2, 0) is 0 Å². The van der Waals surface area contributed by atoms with Crippen molar-refractivity contribution >= 4 is 0 Å². The maximum atomic E-state index is 9.27. The van der Waals surface area contributed by atoms with Gasteiger partial charge in [-0.05, 0) is 45.1 Å². The average Bonchev–Trinajstić information content (AvgIpc) is 2.33. The van der Waals surface area contributed by atoms with Gasteiger partial charge in [0.1, 0.15) is 0 Å². The number of likely N-dealkylation sites (tertiary alicyclic amines) is 1. The van der Waals surface area contributed by atoms with Crippen LogP contribution in [0.5, 0.6) is 0 Å². The Balaban J connectivity index is 2.06. The molecule has 2 rings (SSSR count). The third-order valence-corrected chi connectivity index (χ3v) is 4.74. The van der Waals surface area contributed by atoms with Gasteiger partial charge < -0.3 is 0 Å². The molecule has 0 spiro atoms. The zero-order valence-electron chi connectivity index (χ0n) is 10.7. The Morgan fingerprint density at radius 2 is 1.81 bits per heavy atom. The van der Waals surface area contributed by atoms with Gasteiger partial charge in [0.15, 0.2) is 0 Å². The average molecular weight is 220 g/mol. The van der Waals surface area contributed by atoms with Crippen LogP contribution in [0.15, 0.2) is 0 Å². The van der Waals surface area contributed by atoms with Crippen LogP contribution in [0.4, 0.5) is 0 Å². The van der Waals surface area contributed by atoms with Gasteiger partial charge >= 0.3 is 0 Å². The molecule has 2 aliphatic rings. The summed E-state index contributed by atoms with van der Waals surface area (Å²) in [5, 5.41) is 9.27. The Labute approximate surface area is 99.6 Å². The lowest BCUT2D eigenvalue weighted by atomic mass is 9.81. The molecule has 0 amide bonds. The zero-order valence-corrected chi connectivity index (χ0v) is 10.7. The molecule has 0 aromatic carbocycles. The highest BCUT2D eigenvalue weighted by atomic mass is 15.2. The molecule has 1 heterocycles. The van der Waals surface area contributed by atoms with Crippen molar-refractivity contribution in [1.82, 2.24) is 4.90 Å². The van der Waals surface area contributed by atoms with Crippen molar-refractivity contribution in [2.24, 2.45) is 11.8 Å². The molecule has 2 nitrogen and oxygen atoms in total. The standard InChI is InChI=1S/C14H24N2/c1-11-6-5-9-16(12(11)2)14-8-4-3-7-13(14)10-15/h11-14H,3-9H2,1-2H3. The van der Waals surface area contributed by atoms with Gasteiger partial charge in [0.05, 0.1) is 12.0 Å². The van der Waals surface area contributed by atoms with Crippen molar-refractivity contribution < 1.29 is 0 Å². The van der Waals surface area contributed by atoms with E-state index in [2.05, 4.69) is 24.8 Å². The predicted octanol–water partition coefficient (Wildman–Crippen LogP) is 3.19. The van der Waals surface area contributed by atoms with Gasteiger partial charge in [-0.3, -0.25) is 4.90 Å². The van der Waals surface area contributed by atoms with E-state index in [0.29, 0.717) is 18.0 Å². The second-order valence-electron chi connectivity index (χ2n) is 5.69. The van der Waals surface area contributed by atoms with E-state index in [0.717, 1.165) is 12.3 Å². The molecule has 90 valence electrons. The number of hydrogen-bond acceptors (Lipinski definition) is 2. The molecule has 1 saturated carbocycles. The number of nitriles is 1. The number of nitrogens with zero attached hydrogens (tertiary/aromatic N) is 2. The maximum absolute atomic E-state index is 9.27. The molecule has 0 bridgehead atoms. The Bertz CT molecular complexity index is 268. The van der Waals surface area contributed by atoms with Gasteiger partial charge in [0.2, 0.25) is 0 Å². The monoisotopic (exact) mass is 220 g/mol. The third-order valence-electron chi connectivity index (χ3n) is 4.74. The number of piperidine rings is 1. The van der Waals surface area contributed by atoms with Gasteiger partial charge in [-0.25, -0.2) is 0 Å². The summed E-state index contributed by atoms with van der Waals surface area (Å²) in [4.78, 5) is 2.64. The Kier molecular flexibility index (Phi) is 3.86. The first-order valence-electron chi connectivity index (χ1n) is 6.89. The minimum absolute atomic E-state index is 0.293. The minimum atomic E-state index is 0.293. The fraction of sp³-hybridized carbons (Fsp3) is 0.929. The second-order valence-corrected chi connectivity index (χ2v) is 5.69. The molecule has 16 heavy (non-hydrogen) atoms. The van der Waals surface area contributed by atoms with E-state index < -0.39 is 0 Å². The summed E-state index contributed by atoms with van der Waals surface area (Å²) in [6, 6.07) is 3.77. The molecule has 4 unspecified atom stereocenters. The fourth-order valence-electron chi connectivity index (χ4n) is 3.49. The van der Waals surface area contributed by atoms with Crippen LogP contribution < -0.4 is 0 Å². The molecular formula is C14H24N2. The molecule has 0 N–H and O–H groups in total. The van der Waals surface area contributed by atoms with Crippen molar-refractivity contribution in [3.05, 3.63) is 0 Å². The lowest BCUT2D eigenvalue weighted by Gasteiger charge is -2.45. The molecule has 0 aromatic heterocycles. The van der Waals surface area contributed by atoms with Crippen LogP contribution in [-0.4, -0.2) is 23.5 Å². The van der Waals surface area contributed by atoms with Crippen molar-refractivity contribution in [2.45, 2.75) is 64.5 Å². The summed E-state index contributed by atoms with van der Waals surface area (Å²) < 4.78 is 0. The van der Waals surface area contributed by atoms with Gasteiger partial charge in [-0.1, -0.05) is 19.8 Å². The minimum Gasteiger partial charge on any atom is -0.296 e. The van der Waals surface area contributed by atoms with E-state index in [1.54, 1.807) is 0 Å². The van der Waals surface area contributed by atoms with Crippen LogP contribution in [0.2, 0.25) is 0 Å². The van der Waals surface area contributed by atoms with Crippen LogP contribution in [0.3, 0.4) is 0 Å². The summed E-state index contributed by atoms with van der Waals surface area (Å²) in [5.74, 6) is 1.09. The predicted molar refractivity (Wildman–Crippen MR) is 65.9 cm³/mol. The van der Waals surface area contributed by atoms with E-state index in [-0.39, 0.29) is 0 Å². The summed E-state index contributed by atoms with van der Waals surface area (Å²) >= 11 is 0. The van der Waals surface area contributed by atoms with Crippen LogP contribution in [0.25, 0.3) is 0 Å². The summed E-state index contributed by atoms with van der Waals surface area (Å²) in [7, 11) is 0. The Morgan fingerprint density at radius 3 is 2.56 bits per heavy atom.